The number of likely N-dealkylation sites (tertiary alicyclic amines) is 1. The van der Waals surface area contributed by atoms with Crippen LogP contribution in [0.3, 0.4) is 0 Å². The van der Waals surface area contributed by atoms with Crippen LogP contribution in [0.1, 0.15) is 41.3 Å². The van der Waals surface area contributed by atoms with Crippen molar-refractivity contribution in [3.8, 4) is 0 Å². The van der Waals surface area contributed by atoms with Gasteiger partial charge in [0, 0.05) is 49.9 Å². The first kappa shape index (κ1) is 18.5. The molecule has 28 heavy (non-hydrogen) atoms. The number of carbonyl (C=O) groups excluding carboxylic acids is 2. The number of benzene rings is 2. The number of amides is 2. The first-order valence-electron chi connectivity index (χ1n) is 10.1. The molecule has 0 radical (unpaired) electrons. The maximum atomic E-state index is 12.5. The maximum Gasteiger partial charge on any atom is 0.251 e. The number of rotatable bonds is 5. The Hall–Kier alpha value is -2.82. The third-order valence-electron chi connectivity index (χ3n) is 5.67. The van der Waals surface area contributed by atoms with Crippen molar-refractivity contribution >= 4 is 17.5 Å². The number of carbonyl (C=O) groups is 2. The van der Waals surface area contributed by atoms with E-state index in [1.807, 2.05) is 36.1 Å². The third-order valence-corrected chi connectivity index (χ3v) is 5.67. The van der Waals surface area contributed by atoms with Crippen LogP contribution in [0, 0.1) is 0 Å². The highest BCUT2D eigenvalue weighted by molar-refractivity contribution is 5.94. The average molecular weight is 377 g/mol. The largest absolute Gasteiger partial charge is 0.367 e. The van der Waals surface area contributed by atoms with E-state index in [1.54, 1.807) is 0 Å². The predicted molar refractivity (Wildman–Crippen MR) is 110 cm³/mol. The monoisotopic (exact) mass is 377 g/mol. The zero-order chi connectivity index (χ0) is 19.5. The lowest BCUT2D eigenvalue weighted by Crippen LogP contribution is -2.42. The third kappa shape index (κ3) is 4.03. The number of hydrogen-bond donors (Lipinski definition) is 1. The summed E-state index contributed by atoms with van der Waals surface area (Å²) >= 11 is 0. The zero-order valence-corrected chi connectivity index (χ0v) is 16.4. The second-order valence-electron chi connectivity index (χ2n) is 7.80. The molecule has 4 rings (SSSR count). The van der Waals surface area contributed by atoms with E-state index in [4.69, 9.17) is 0 Å². The van der Waals surface area contributed by atoms with Crippen molar-refractivity contribution in [2.24, 2.45) is 0 Å². The van der Waals surface area contributed by atoms with Crippen molar-refractivity contribution in [1.82, 2.24) is 10.2 Å². The molecule has 1 N–H and O–H groups in total. The number of fused-ring (bicyclic) bond motifs is 1. The Morgan fingerprint density at radius 2 is 1.79 bits per heavy atom. The Balaban J connectivity index is 1.35. The summed E-state index contributed by atoms with van der Waals surface area (Å²) in [5.74, 6) is 0.100. The Morgan fingerprint density at radius 3 is 2.50 bits per heavy atom. The average Bonchev–Trinajstić information content (AvgIpc) is 3.12. The van der Waals surface area contributed by atoms with Gasteiger partial charge in [-0.25, -0.2) is 0 Å². The highest BCUT2D eigenvalue weighted by Crippen LogP contribution is 2.24. The summed E-state index contributed by atoms with van der Waals surface area (Å²) in [6.45, 7) is 5.22. The van der Waals surface area contributed by atoms with Crippen molar-refractivity contribution in [2.45, 2.75) is 38.8 Å². The van der Waals surface area contributed by atoms with Gasteiger partial charge in [-0.1, -0.05) is 24.3 Å². The number of hydrogen-bond acceptors (Lipinski definition) is 3. The van der Waals surface area contributed by atoms with Crippen LogP contribution in [0.5, 0.6) is 0 Å². The molecule has 2 amide bonds. The van der Waals surface area contributed by atoms with Gasteiger partial charge in [0.2, 0.25) is 5.91 Å². The first-order chi connectivity index (χ1) is 13.6. The molecule has 0 aliphatic carbocycles. The molecule has 0 aromatic heterocycles. The van der Waals surface area contributed by atoms with Crippen LogP contribution < -0.4 is 10.2 Å². The van der Waals surface area contributed by atoms with E-state index in [2.05, 4.69) is 34.5 Å². The van der Waals surface area contributed by atoms with Gasteiger partial charge in [0.1, 0.15) is 0 Å². The lowest BCUT2D eigenvalue weighted by Gasteiger charge is -2.30. The number of nitrogens with zero attached hydrogens (tertiary/aromatic N) is 2. The van der Waals surface area contributed by atoms with Gasteiger partial charge in [-0.2, -0.15) is 0 Å². The van der Waals surface area contributed by atoms with E-state index in [0.29, 0.717) is 18.5 Å². The molecule has 146 valence electrons. The predicted octanol–water partition coefficient (Wildman–Crippen LogP) is 2.99. The molecule has 2 aliphatic rings. The molecule has 0 unspecified atom stereocenters. The molecular formula is C23H27N3O2. The van der Waals surface area contributed by atoms with Crippen molar-refractivity contribution in [1.29, 1.82) is 0 Å². The summed E-state index contributed by atoms with van der Waals surface area (Å²) in [6.07, 6.45) is 2.59. The Labute approximate surface area is 166 Å². The van der Waals surface area contributed by atoms with Gasteiger partial charge in [-0.05, 0) is 55.2 Å². The highest BCUT2D eigenvalue weighted by atomic mass is 16.2. The molecule has 5 heteroatoms. The quantitative estimate of drug-likeness (QED) is 0.872. The van der Waals surface area contributed by atoms with Crippen molar-refractivity contribution in [3.63, 3.8) is 0 Å². The lowest BCUT2D eigenvalue weighted by molar-refractivity contribution is -0.127. The first-order valence-corrected chi connectivity index (χ1v) is 10.1. The van der Waals surface area contributed by atoms with E-state index in [-0.39, 0.29) is 17.9 Å². The summed E-state index contributed by atoms with van der Waals surface area (Å²) in [5, 5.41) is 3.01. The molecule has 0 saturated carbocycles. The van der Waals surface area contributed by atoms with Crippen LogP contribution >= 0.6 is 0 Å². The van der Waals surface area contributed by atoms with Crippen LogP contribution in [0.25, 0.3) is 0 Å². The molecule has 1 fully saturated rings. The fourth-order valence-electron chi connectivity index (χ4n) is 4.12. The molecular weight excluding hydrogens is 350 g/mol. The summed E-state index contributed by atoms with van der Waals surface area (Å²) in [7, 11) is 0. The van der Waals surface area contributed by atoms with Crippen LogP contribution in [0.4, 0.5) is 5.69 Å². The summed E-state index contributed by atoms with van der Waals surface area (Å²) < 4.78 is 0. The minimum absolute atomic E-state index is 0.0622. The Morgan fingerprint density at radius 1 is 1.04 bits per heavy atom. The van der Waals surface area contributed by atoms with Gasteiger partial charge in [0.05, 0.1) is 0 Å². The molecule has 0 bridgehead atoms. The Kier molecular flexibility index (Phi) is 5.33. The van der Waals surface area contributed by atoms with E-state index >= 15 is 0 Å². The number of anilines is 1. The standard InChI is InChI=1S/C23H27N3O2/c1-17(15-26-13-4-7-22(26)27)24-23(28)19-8-10-21(11-9-19)25-14-12-18-5-2-3-6-20(18)16-25/h2-3,5-6,8-11,17H,4,7,12-16H2,1H3,(H,24,28)/t17-/m0/s1. The lowest BCUT2D eigenvalue weighted by atomic mass is 9.99. The highest BCUT2D eigenvalue weighted by Gasteiger charge is 2.22. The second-order valence-corrected chi connectivity index (χ2v) is 7.80. The van der Waals surface area contributed by atoms with E-state index in [0.717, 1.165) is 38.2 Å². The van der Waals surface area contributed by atoms with Gasteiger partial charge in [0.25, 0.3) is 5.91 Å². The van der Waals surface area contributed by atoms with E-state index < -0.39 is 0 Å². The van der Waals surface area contributed by atoms with Gasteiger partial charge in [-0.15, -0.1) is 0 Å². The van der Waals surface area contributed by atoms with E-state index in [9.17, 15) is 9.59 Å². The van der Waals surface area contributed by atoms with Crippen molar-refractivity contribution < 1.29 is 9.59 Å². The van der Waals surface area contributed by atoms with Gasteiger partial charge in [-0.3, -0.25) is 9.59 Å². The van der Waals surface area contributed by atoms with E-state index in [1.165, 1.54) is 11.1 Å². The molecule has 2 heterocycles. The van der Waals surface area contributed by atoms with Gasteiger partial charge < -0.3 is 15.1 Å². The van der Waals surface area contributed by atoms with Crippen LogP contribution in [0.15, 0.2) is 48.5 Å². The van der Waals surface area contributed by atoms with Gasteiger partial charge >= 0.3 is 0 Å². The summed E-state index contributed by atoms with van der Waals surface area (Å²) in [5.41, 5.74) is 4.60. The fraction of sp³-hybridized carbons (Fsp3) is 0.391. The second kappa shape index (κ2) is 8.05. The molecule has 2 aliphatic heterocycles. The van der Waals surface area contributed by atoms with Crippen LogP contribution in [-0.4, -0.2) is 42.4 Å². The Bertz CT molecular complexity index is 862. The molecule has 1 saturated heterocycles. The van der Waals surface area contributed by atoms with Crippen LogP contribution in [0.2, 0.25) is 0 Å². The molecule has 5 nitrogen and oxygen atoms in total. The SMILES string of the molecule is C[C@@H](CN1CCCC1=O)NC(=O)c1ccc(N2CCc3ccccc3C2)cc1. The number of nitrogens with one attached hydrogen (secondary N) is 1. The smallest absolute Gasteiger partial charge is 0.251 e. The molecule has 2 aromatic rings. The summed E-state index contributed by atoms with van der Waals surface area (Å²) in [6, 6.07) is 16.3. The molecule has 1 atom stereocenters. The van der Waals surface area contributed by atoms with Crippen molar-refractivity contribution in [2.75, 3.05) is 24.5 Å². The molecule has 2 aromatic carbocycles. The minimum atomic E-state index is -0.0883. The minimum Gasteiger partial charge on any atom is -0.367 e. The zero-order valence-electron chi connectivity index (χ0n) is 16.4. The maximum absolute atomic E-state index is 12.5. The van der Waals surface area contributed by atoms with Crippen molar-refractivity contribution in [3.05, 3.63) is 65.2 Å². The topological polar surface area (TPSA) is 52.7 Å². The summed E-state index contributed by atoms with van der Waals surface area (Å²) in [4.78, 5) is 28.5. The molecule has 0 spiro atoms. The fourth-order valence-corrected chi connectivity index (χ4v) is 4.12. The van der Waals surface area contributed by atoms with Gasteiger partial charge in [0.15, 0.2) is 0 Å². The normalized spacial score (nSPS) is 17.4. The van der Waals surface area contributed by atoms with Crippen LogP contribution in [-0.2, 0) is 17.8 Å².